The quantitative estimate of drug-likeness (QED) is 0.685. The van der Waals surface area contributed by atoms with Crippen molar-refractivity contribution in [2.75, 3.05) is 5.75 Å². The first-order valence-electron chi connectivity index (χ1n) is 4.09. The highest BCUT2D eigenvalue weighted by Crippen LogP contribution is 2.26. The molecule has 0 saturated heterocycles. The monoisotopic (exact) mass is 285 g/mol. The summed E-state index contributed by atoms with van der Waals surface area (Å²) < 4.78 is 0.769. The Morgan fingerprint density at radius 2 is 2.33 bits per heavy atom. The molecule has 1 rings (SSSR count). The molecule has 5 heteroatoms. The maximum atomic E-state index is 11.5. The van der Waals surface area contributed by atoms with Crippen LogP contribution < -0.4 is 0 Å². The summed E-state index contributed by atoms with van der Waals surface area (Å²) in [5.41, 5.74) is 1.10. The summed E-state index contributed by atoms with van der Waals surface area (Å²) in [6, 6.07) is 3.10. The summed E-state index contributed by atoms with van der Waals surface area (Å²) >= 11 is 4.14. The molecule has 0 atom stereocenters. The minimum atomic E-state index is -0.250. The number of phenolic OH excluding ortho intramolecular Hbond substituents is 1. The Morgan fingerprint density at radius 3 is 2.93 bits per heavy atom. The number of carbonyl (C=O) groups excluding carboxylic acids is 1. The van der Waals surface area contributed by atoms with Crippen LogP contribution in [-0.4, -0.2) is 16.6 Å². The van der Waals surface area contributed by atoms with Gasteiger partial charge in [-0.05, 0) is 36.4 Å². The van der Waals surface area contributed by atoms with Crippen molar-refractivity contribution < 1.29 is 9.90 Å². The van der Waals surface area contributed by atoms with Gasteiger partial charge in [0, 0.05) is 4.47 Å². The number of Topliss-reactive ketones (excluding diaryl/α,β-unsaturated/α-hetero) is 1. The SMILES string of the molecule is Cc1cc(O)c(C(=O)CSC#N)cc1Br. The zero-order valence-electron chi connectivity index (χ0n) is 7.95. The second-order valence-electron chi connectivity index (χ2n) is 2.92. The van der Waals surface area contributed by atoms with Gasteiger partial charge in [0.25, 0.3) is 0 Å². The Kier molecular flexibility index (Phi) is 4.18. The highest BCUT2D eigenvalue weighted by molar-refractivity contribution is 9.10. The topological polar surface area (TPSA) is 61.1 Å². The van der Waals surface area contributed by atoms with Crippen LogP contribution in [0.15, 0.2) is 16.6 Å². The second-order valence-corrected chi connectivity index (χ2v) is 4.54. The number of benzene rings is 1. The highest BCUT2D eigenvalue weighted by Gasteiger charge is 2.13. The molecule has 0 amide bonds. The maximum absolute atomic E-state index is 11.5. The molecule has 0 heterocycles. The number of nitriles is 1. The van der Waals surface area contributed by atoms with Gasteiger partial charge < -0.3 is 5.11 Å². The Bertz CT molecular complexity index is 440. The highest BCUT2D eigenvalue weighted by atomic mass is 79.9. The standard InChI is InChI=1S/C10H8BrNO2S/c1-6-2-9(13)7(3-8(6)11)10(14)4-15-5-12/h2-3,13H,4H2,1H3. The average molecular weight is 286 g/mol. The van der Waals surface area contributed by atoms with E-state index < -0.39 is 0 Å². The van der Waals surface area contributed by atoms with Gasteiger partial charge in [-0.15, -0.1) is 0 Å². The van der Waals surface area contributed by atoms with Gasteiger partial charge in [-0.2, -0.15) is 5.26 Å². The lowest BCUT2D eigenvalue weighted by Gasteiger charge is -2.05. The Balaban J connectivity index is 3.00. The molecule has 0 spiro atoms. The number of nitrogens with zero attached hydrogens (tertiary/aromatic N) is 1. The maximum Gasteiger partial charge on any atom is 0.177 e. The minimum absolute atomic E-state index is 0.0424. The molecule has 0 fully saturated rings. The van der Waals surface area contributed by atoms with Crippen molar-refractivity contribution in [3.8, 4) is 11.2 Å². The number of aryl methyl sites for hydroxylation is 1. The molecule has 3 nitrogen and oxygen atoms in total. The van der Waals surface area contributed by atoms with Crippen LogP contribution in [0.2, 0.25) is 0 Å². The number of halogens is 1. The van der Waals surface area contributed by atoms with Crippen LogP contribution >= 0.6 is 27.7 Å². The first-order valence-corrected chi connectivity index (χ1v) is 5.87. The summed E-state index contributed by atoms with van der Waals surface area (Å²) in [4.78, 5) is 11.5. The van der Waals surface area contributed by atoms with Crippen LogP contribution in [0.4, 0.5) is 0 Å². The fraction of sp³-hybridized carbons (Fsp3) is 0.200. The van der Waals surface area contributed by atoms with Crippen molar-refractivity contribution in [2.24, 2.45) is 0 Å². The van der Waals surface area contributed by atoms with Crippen molar-refractivity contribution in [1.29, 1.82) is 5.26 Å². The van der Waals surface area contributed by atoms with E-state index in [0.29, 0.717) is 0 Å². The number of hydrogen-bond acceptors (Lipinski definition) is 4. The van der Waals surface area contributed by atoms with Gasteiger partial charge in [0.2, 0.25) is 0 Å². The van der Waals surface area contributed by atoms with Crippen molar-refractivity contribution in [3.63, 3.8) is 0 Å². The van der Waals surface area contributed by atoms with Gasteiger partial charge in [0.15, 0.2) is 5.78 Å². The number of rotatable bonds is 3. The van der Waals surface area contributed by atoms with Crippen LogP contribution in [0.5, 0.6) is 5.75 Å². The van der Waals surface area contributed by atoms with Gasteiger partial charge in [-0.1, -0.05) is 15.9 Å². The first-order chi connectivity index (χ1) is 7.06. The normalized spacial score (nSPS) is 9.67. The third-order valence-corrected chi connectivity index (χ3v) is 3.24. The molecule has 1 N–H and O–H groups in total. The molecule has 0 aromatic heterocycles. The predicted molar refractivity (Wildman–Crippen MR) is 62.9 cm³/mol. The third-order valence-electron chi connectivity index (χ3n) is 1.85. The number of aromatic hydroxyl groups is 1. The second kappa shape index (κ2) is 5.19. The van der Waals surface area contributed by atoms with Gasteiger partial charge in [-0.25, -0.2) is 0 Å². The molecule has 0 saturated carbocycles. The molecule has 0 bridgehead atoms. The summed E-state index contributed by atoms with van der Waals surface area (Å²) in [7, 11) is 0. The van der Waals surface area contributed by atoms with E-state index in [1.807, 2.05) is 12.3 Å². The molecule has 0 aliphatic rings. The van der Waals surface area contributed by atoms with E-state index in [1.165, 1.54) is 6.07 Å². The summed E-state index contributed by atoms with van der Waals surface area (Å²) in [5.74, 6) is -0.237. The third kappa shape index (κ3) is 2.98. The number of thioether (sulfide) groups is 1. The zero-order chi connectivity index (χ0) is 11.4. The molecule has 0 aliphatic carbocycles. The van der Waals surface area contributed by atoms with Crippen LogP contribution in [0.3, 0.4) is 0 Å². The summed E-state index contributed by atoms with van der Waals surface area (Å²) in [6.07, 6.45) is 0. The summed E-state index contributed by atoms with van der Waals surface area (Å²) in [5, 5.41) is 19.7. The van der Waals surface area contributed by atoms with Crippen LogP contribution in [0.25, 0.3) is 0 Å². The number of carbonyl (C=O) groups is 1. The first kappa shape index (κ1) is 12.1. The van der Waals surface area contributed by atoms with Crippen LogP contribution in [0.1, 0.15) is 15.9 Å². The Morgan fingerprint density at radius 1 is 1.67 bits per heavy atom. The van der Waals surface area contributed by atoms with Crippen molar-refractivity contribution in [3.05, 3.63) is 27.7 Å². The largest absolute Gasteiger partial charge is 0.507 e. The fourth-order valence-corrected chi connectivity index (χ4v) is 1.76. The smallest absolute Gasteiger partial charge is 0.177 e. The molecule has 0 unspecified atom stereocenters. The average Bonchev–Trinajstić information content (AvgIpc) is 2.20. The molecule has 78 valence electrons. The zero-order valence-corrected chi connectivity index (χ0v) is 10.4. The Hall–Kier alpha value is -0.990. The molecule has 1 aromatic rings. The number of hydrogen-bond donors (Lipinski definition) is 1. The summed E-state index contributed by atoms with van der Waals surface area (Å²) in [6.45, 7) is 1.82. The molecular formula is C10H8BrNO2S. The van der Waals surface area contributed by atoms with E-state index in [2.05, 4.69) is 15.9 Å². The lowest BCUT2D eigenvalue weighted by atomic mass is 10.1. The minimum Gasteiger partial charge on any atom is -0.507 e. The van der Waals surface area contributed by atoms with E-state index in [4.69, 9.17) is 5.26 Å². The molecule has 0 radical (unpaired) electrons. The number of ketones is 1. The lowest BCUT2D eigenvalue weighted by molar-refractivity contribution is 0.102. The number of thiocyanates is 1. The predicted octanol–water partition coefficient (Wildman–Crippen LogP) is 2.86. The lowest BCUT2D eigenvalue weighted by Crippen LogP contribution is -2.02. The van der Waals surface area contributed by atoms with E-state index >= 15 is 0 Å². The molecule has 15 heavy (non-hydrogen) atoms. The molecular weight excluding hydrogens is 278 g/mol. The van der Waals surface area contributed by atoms with Gasteiger partial charge in [0.05, 0.1) is 11.3 Å². The van der Waals surface area contributed by atoms with Crippen molar-refractivity contribution in [1.82, 2.24) is 0 Å². The van der Waals surface area contributed by atoms with Crippen LogP contribution in [0, 0.1) is 17.6 Å². The molecule has 0 aliphatic heterocycles. The van der Waals surface area contributed by atoms with Crippen LogP contribution in [-0.2, 0) is 0 Å². The van der Waals surface area contributed by atoms with E-state index in [0.717, 1.165) is 21.8 Å². The van der Waals surface area contributed by atoms with Gasteiger partial charge in [0.1, 0.15) is 11.2 Å². The van der Waals surface area contributed by atoms with Gasteiger partial charge in [-0.3, -0.25) is 4.79 Å². The van der Waals surface area contributed by atoms with E-state index in [9.17, 15) is 9.90 Å². The van der Waals surface area contributed by atoms with E-state index in [1.54, 1.807) is 6.07 Å². The Labute approximate surface area is 100 Å². The number of phenols is 1. The van der Waals surface area contributed by atoms with Crippen molar-refractivity contribution >= 4 is 33.5 Å². The fourth-order valence-electron chi connectivity index (χ4n) is 1.07. The van der Waals surface area contributed by atoms with Gasteiger partial charge >= 0.3 is 0 Å². The van der Waals surface area contributed by atoms with E-state index in [-0.39, 0.29) is 22.8 Å². The van der Waals surface area contributed by atoms with Crippen molar-refractivity contribution in [2.45, 2.75) is 6.92 Å². The molecule has 1 aromatic carbocycles.